The number of carbonyl (C=O) groups is 2. The lowest BCUT2D eigenvalue weighted by Gasteiger charge is -2.31. The van der Waals surface area contributed by atoms with E-state index in [4.69, 9.17) is 9.94 Å². The second-order valence-corrected chi connectivity index (χ2v) is 5.70. The monoisotopic (exact) mass is 318 g/mol. The number of para-hydroxylation sites is 1. The van der Waals surface area contributed by atoms with Gasteiger partial charge in [0.05, 0.1) is 24.4 Å². The summed E-state index contributed by atoms with van der Waals surface area (Å²) < 4.78 is 0. The quantitative estimate of drug-likeness (QED) is 0.731. The fraction of sp³-hybridized carbons (Fsp3) is 0.375. The molecule has 1 aliphatic heterocycles. The molecular weight excluding hydrogens is 300 g/mol. The van der Waals surface area contributed by atoms with Crippen molar-refractivity contribution in [3.05, 3.63) is 35.4 Å². The maximum absolute atomic E-state index is 12.1. The first-order valence-electron chi connectivity index (χ1n) is 7.48. The topological polar surface area (TPSA) is 99.1 Å². The molecule has 1 fully saturated rings. The molecule has 0 spiro atoms. The Labute approximate surface area is 133 Å². The van der Waals surface area contributed by atoms with Crippen LogP contribution in [0.25, 0.3) is 5.76 Å². The number of carbonyl (C=O) groups excluding carboxylic acids is 1. The summed E-state index contributed by atoms with van der Waals surface area (Å²) in [6.45, 7) is 0.139. The fourth-order valence-corrected chi connectivity index (χ4v) is 2.39. The molecule has 2 aliphatic rings. The van der Waals surface area contributed by atoms with Gasteiger partial charge < -0.3 is 15.5 Å². The number of hydrogen-bond acceptors (Lipinski definition) is 5. The molecule has 1 aromatic carbocycles. The molecule has 3 rings (SSSR count). The normalized spacial score (nSPS) is 17.0. The number of nitrogens with zero attached hydrogens (tertiary/aromatic N) is 1. The maximum atomic E-state index is 12.1. The van der Waals surface area contributed by atoms with E-state index in [1.807, 2.05) is 12.1 Å². The van der Waals surface area contributed by atoms with Crippen molar-refractivity contribution in [2.24, 2.45) is 5.92 Å². The first-order chi connectivity index (χ1) is 11.1. The predicted molar refractivity (Wildman–Crippen MR) is 82.7 cm³/mol. The number of aliphatic hydroxyl groups is 1. The van der Waals surface area contributed by atoms with Gasteiger partial charge in [-0.25, -0.2) is 5.06 Å². The Balaban J connectivity index is 1.83. The molecular formula is C16H18N2O5. The summed E-state index contributed by atoms with van der Waals surface area (Å²) in [7, 11) is 0. The van der Waals surface area contributed by atoms with Crippen molar-refractivity contribution in [1.29, 1.82) is 0 Å². The van der Waals surface area contributed by atoms with E-state index in [1.165, 1.54) is 0 Å². The van der Waals surface area contributed by atoms with Gasteiger partial charge in [0.15, 0.2) is 0 Å². The van der Waals surface area contributed by atoms with E-state index in [0.717, 1.165) is 12.8 Å². The lowest BCUT2D eigenvalue weighted by atomic mass is 10.0. The zero-order chi connectivity index (χ0) is 16.4. The van der Waals surface area contributed by atoms with Crippen LogP contribution in [0.2, 0.25) is 0 Å². The van der Waals surface area contributed by atoms with E-state index in [9.17, 15) is 14.7 Å². The summed E-state index contributed by atoms with van der Waals surface area (Å²) >= 11 is 0. The van der Waals surface area contributed by atoms with Gasteiger partial charge in [0.25, 0.3) is 5.91 Å². The highest BCUT2D eigenvalue weighted by atomic mass is 16.7. The second kappa shape index (κ2) is 6.29. The SMILES string of the molecule is O=C(O)CNC(=O)C1=C(O)c2ccccc2N(OCC2CC2)C1. The highest BCUT2D eigenvalue weighted by molar-refractivity contribution is 6.03. The van der Waals surface area contributed by atoms with E-state index in [1.54, 1.807) is 17.2 Å². The number of fused-ring (bicyclic) bond motifs is 1. The third-order valence-corrected chi connectivity index (χ3v) is 3.85. The number of hydrogen-bond donors (Lipinski definition) is 3. The largest absolute Gasteiger partial charge is 0.507 e. The van der Waals surface area contributed by atoms with Crippen LogP contribution in [-0.2, 0) is 14.4 Å². The standard InChI is InChI=1S/C16H18N2O5/c19-14(20)7-17-16(22)12-8-18(23-9-10-5-6-10)13-4-2-1-3-11(13)15(12)21/h1-4,10,21H,5-9H2,(H,17,22)(H,19,20). The summed E-state index contributed by atoms with van der Waals surface area (Å²) in [4.78, 5) is 28.5. The maximum Gasteiger partial charge on any atom is 0.322 e. The molecule has 122 valence electrons. The van der Waals surface area contributed by atoms with Crippen LogP contribution in [0.3, 0.4) is 0 Å². The van der Waals surface area contributed by atoms with Crippen LogP contribution in [0.15, 0.2) is 29.8 Å². The average molecular weight is 318 g/mol. The number of rotatable bonds is 6. The van der Waals surface area contributed by atoms with Crippen LogP contribution in [0, 0.1) is 5.92 Å². The van der Waals surface area contributed by atoms with Crippen molar-refractivity contribution >= 4 is 23.3 Å². The number of carboxylic acids is 1. The predicted octanol–water partition coefficient (Wildman–Crippen LogP) is 1.32. The highest BCUT2D eigenvalue weighted by Gasteiger charge is 2.30. The number of aliphatic hydroxyl groups excluding tert-OH is 1. The number of benzene rings is 1. The van der Waals surface area contributed by atoms with E-state index in [-0.39, 0.29) is 17.9 Å². The smallest absolute Gasteiger partial charge is 0.322 e. The molecule has 0 saturated heterocycles. The molecule has 1 aromatic rings. The number of nitrogens with one attached hydrogen (secondary N) is 1. The minimum Gasteiger partial charge on any atom is -0.507 e. The molecule has 0 aromatic heterocycles. The highest BCUT2D eigenvalue weighted by Crippen LogP contribution is 2.35. The van der Waals surface area contributed by atoms with Gasteiger partial charge in [-0.2, -0.15) is 0 Å². The first kappa shape index (κ1) is 15.4. The molecule has 1 amide bonds. The summed E-state index contributed by atoms with van der Waals surface area (Å²) in [5, 5.41) is 22.9. The molecule has 0 radical (unpaired) electrons. The van der Waals surface area contributed by atoms with Crippen LogP contribution in [-0.4, -0.2) is 41.8 Å². The number of hydroxylamine groups is 1. The molecule has 1 saturated carbocycles. The van der Waals surface area contributed by atoms with Crippen molar-refractivity contribution in [1.82, 2.24) is 5.32 Å². The average Bonchev–Trinajstić information content (AvgIpc) is 3.36. The van der Waals surface area contributed by atoms with Gasteiger partial charge in [-0.1, -0.05) is 12.1 Å². The fourth-order valence-electron chi connectivity index (χ4n) is 2.39. The minimum absolute atomic E-state index is 0.0705. The van der Waals surface area contributed by atoms with E-state index in [2.05, 4.69) is 5.32 Å². The number of aliphatic carboxylic acids is 1. The molecule has 3 N–H and O–H groups in total. The zero-order valence-corrected chi connectivity index (χ0v) is 12.5. The van der Waals surface area contributed by atoms with Crippen molar-refractivity contribution in [2.45, 2.75) is 12.8 Å². The van der Waals surface area contributed by atoms with Crippen LogP contribution in [0.5, 0.6) is 0 Å². The van der Waals surface area contributed by atoms with Crippen molar-refractivity contribution in [3.63, 3.8) is 0 Å². The molecule has 7 nitrogen and oxygen atoms in total. The van der Waals surface area contributed by atoms with Gasteiger partial charge in [0, 0.05) is 5.56 Å². The molecule has 23 heavy (non-hydrogen) atoms. The third-order valence-electron chi connectivity index (χ3n) is 3.85. The van der Waals surface area contributed by atoms with Gasteiger partial charge >= 0.3 is 5.97 Å². The summed E-state index contributed by atoms with van der Waals surface area (Å²) in [5.74, 6) is -1.35. The van der Waals surface area contributed by atoms with Gasteiger partial charge in [0.2, 0.25) is 0 Å². The Morgan fingerprint density at radius 3 is 2.74 bits per heavy atom. The van der Waals surface area contributed by atoms with E-state index < -0.39 is 18.4 Å². The molecule has 0 atom stereocenters. The lowest BCUT2D eigenvalue weighted by Crippen LogP contribution is -2.38. The van der Waals surface area contributed by atoms with Crippen molar-refractivity contribution in [3.8, 4) is 0 Å². The molecule has 0 unspecified atom stereocenters. The first-order valence-corrected chi connectivity index (χ1v) is 7.48. The number of anilines is 1. The molecule has 7 heteroatoms. The Kier molecular flexibility index (Phi) is 4.20. The Hall–Kier alpha value is -2.54. The number of amides is 1. The van der Waals surface area contributed by atoms with Gasteiger partial charge in [0.1, 0.15) is 12.3 Å². The molecule has 0 bridgehead atoms. The third kappa shape index (κ3) is 3.45. The zero-order valence-electron chi connectivity index (χ0n) is 12.5. The summed E-state index contributed by atoms with van der Waals surface area (Å²) in [5.41, 5.74) is 1.29. The van der Waals surface area contributed by atoms with Crippen molar-refractivity contribution in [2.75, 3.05) is 24.8 Å². The van der Waals surface area contributed by atoms with E-state index >= 15 is 0 Å². The molecule has 1 heterocycles. The Bertz CT molecular complexity index is 666. The van der Waals surface area contributed by atoms with Crippen LogP contribution in [0.1, 0.15) is 18.4 Å². The second-order valence-electron chi connectivity index (χ2n) is 5.70. The van der Waals surface area contributed by atoms with Gasteiger partial charge in [-0.15, -0.1) is 0 Å². The van der Waals surface area contributed by atoms with Gasteiger partial charge in [-0.05, 0) is 30.9 Å². The Morgan fingerprint density at radius 1 is 1.30 bits per heavy atom. The van der Waals surface area contributed by atoms with Crippen LogP contribution >= 0.6 is 0 Å². The molecule has 1 aliphatic carbocycles. The summed E-state index contributed by atoms with van der Waals surface area (Å²) in [6.07, 6.45) is 2.28. The van der Waals surface area contributed by atoms with E-state index in [0.29, 0.717) is 23.8 Å². The number of carboxylic acid groups (broad SMARTS) is 1. The lowest BCUT2D eigenvalue weighted by molar-refractivity contribution is -0.137. The van der Waals surface area contributed by atoms with Crippen LogP contribution in [0.4, 0.5) is 5.69 Å². The summed E-state index contributed by atoms with van der Waals surface area (Å²) in [6, 6.07) is 7.09. The van der Waals surface area contributed by atoms with Gasteiger partial charge in [-0.3, -0.25) is 14.4 Å². The van der Waals surface area contributed by atoms with Crippen LogP contribution < -0.4 is 10.4 Å². The minimum atomic E-state index is -1.14. The Morgan fingerprint density at radius 2 is 2.04 bits per heavy atom. The van der Waals surface area contributed by atoms with Crippen molar-refractivity contribution < 1.29 is 24.6 Å².